The van der Waals surface area contributed by atoms with E-state index in [1.54, 1.807) is 25.7 Å². The molecule has 2 aromatic heterocycles. The predicted octanol–water partition coefficient (Wildman–Crippen LogP) is 3.12. The van der Waals surface area contributed by atoms with Crippen LogP contribution in [0.3, 0.4) is 0 Å². The summed E-state index contributed by atoms with van der Waals surface area (Å²) in [6.45, 7) is 2.28. The summed E-state index contributed by atoms with van der Waals surface area (Å²) in [4.78, 5) is 6.47. The monoisotopic (exact) mass is 427 g/mol. The summed E-state index contributed by atoms with van der Waals surface area (Å²) in [5.41, 5.74) is 1.54. The summed E-state index contributed by atoms with van der Waals surface area (Å²) >= 11 is 1.36. The van der Waals surface area contributed by atoms with E-state index in [1.807, 2.05) is 22.9 Å². The van der Waals surface area contributed by atoms with Crippen molar-refractivity contribution in [2.75, 3.05) is 14.2 Å². The van der Waals surface area contributed by atoms with Gasteiger partial charge in [0.25, 0.3) is 5.19 Å². The molecule has 2 aliphatic heterocycles. The molecule has 3 aromatic rings. The number of methoxy groups -OCH3 is 1. The number of phenolic OH excluding ortho intramolecular Hbond substituents is 1. The Bertz CT molecular complexity index is 1040. The lowest BCUT2D eigenvalue weighted by molar-refractivity contribution is -0.00133. The van der Waals surface area contributed by atoms with Gasteiger partial charge in [-0.2, -0.15) is 0 Å². The highest BCUT2D eigenvalue weighted by Crippen LogP contribution is 2.45. The van der Waals surface area contributed by atoms with Gasteiger partial charge in [0.15, 0.2) is 5.01 Å². The van der Waals surface area contributed by atoms with Gasteiger partial charge in [-0.25, -0.2) is 4.98 Å². The van der Waals surface area contributed by atoms with E-state index in [2.05, 4.69) is 34.1 Å². The van der Waals surface area contributed by atoms with Crippen LogP contribution in [-0.2, 0) is 4.74 Å². The van der Waals surface area contributed by atoms with E-state index in [-0.39, 0.29) is 23.5 Å². The lowest BCUT2D eigenvalue weighted by atomic mass is 9.89. The first kappa shape index (κ1) is 19.5. The zero-order valence-electron chi connectivity index (χ0n) is 17.2. The van der Waals surface area contributed by atoms with Gasteiger partial charge < -0.3 is 19.1 Å². The van der Waals surface area contributed by atoms with E-state index in [9.17, 15) is 5.11 Å². The van der Waals surface area contributed by atoms with E-state index >= 15 is 0 Å². The van der Waals surface area contributed by atoms with E-state index in [0.29, 0.717) is 21.8 Å². The van der Waals surface area contributed by atoms with Gasteiger partial charge in [0, 0.05) is 50.0 Å². The minimum absolute atomic E-state index is 0.0726. The number of piperidine rings is 1. The molecule has 30 heavy (non-hydrogen) atoms. The maximum Gasteiger partial charge on any atom is 0.294 e. The summed E-state index contributed by atoms with van der Waals surface area (Å²) in [6, 6.07) is 5.80. The molecule has 9 heteroatoms. The number of fused-ring (bicyclic) bond motifs is 2. The largest absolute Gasteiger partial charge is 0.507 e. The summed E-state index contributed by atoms with van der Waals surface area (Å²) in [6.07, 6.45) is 8.39. The molecular formula is C21H25N5O3S. The predicted molar refractivity (Wildman–Crippen MR) is 113 cm³/mol. The third-order valence-corrected chi connectivity index (χ3v) is 7.43. The molecule has 0 spiro atoms. The van der Waals surface area contributed by atoms with Gasteiger partial charge in [-0.05, 0) is 32.5 Å². The van der Waals surface area contributed by atoms with Crippen LogP contribution in [0.2, 0.25) is 0 Å². The quantitative estimate of drug-likeness (QED) is 0.670. The van der Waals surface area contributed by atoms with Crippen molar-refractivity contribution in [1.82, 2.24) is 24.6 Å². The first-order chi connectivity index (χ1) is 14.5. The Balaban J connectivity index is 1.32. The fourth-order valence-electron chi connectivity index (χ4n) is 4.86. The molecule has 5 rings (SSSR count). The second-order valence-electron chi connectivity index (χ2n) is 8.38. The van der Waals surface area contributed by atoms with Crippen molar-refractivity contribution in [1.29, 1.82) is 0 Å². The maximum absolute atomic E-state index is 10.5. The SMILES string of the molecule is CO[C@@H]1C[C@@]2(C)C[C@H](Oc3nnc(-c4ccc(-n5ccnc5)cc4O)s3)CC1N2C. The van der Waals surface area contributed by atoms with Crippen LogP contribution in [0.15, 0.2) is 36.9 Å². The number of phenols is 1. The molecule has 8 nitrogen and oxygen atoms in total. The van der Waals surface area contributed by atoms with Gasteiger partial charge in [-0.3, -0.25) is 4.90 Å². The summed E-state index contributed by atoms with van der Waals surface area (Å²) < 4.78 is 13.8. The molecule has 2 bridgehead atoms. The number of benzene rings is 1. The number of hydrogen-bond donors (Lipinski definition) is 1. The smallest absolute Gasteiger partial charge is 0.294 e. The average Bonchev–Trinajstić information content (AvgIpc) is 3.43. The summed E-state index contributed by atoms with van der Waals surface area (Å²) in [5.74, 6) is 0.150. The first-order valence-electron chi connectivity index (χ1n) is 10.0. The normalized spacial score (nSPS) is 28.7. The number of likely N-dealkylation sites (N-methyl/N-ethyl adjacent to an activating group) is 1. The molecule has 158 valence electrons. The Hall–Kier alpha value is -2.49. The molecule has 0 saturated carbocycles. The highest BCUT2D eigenvalue weighted by molar-refractivity contribution is 7.16. The molecular weight excluding hydrogens is 402 g/mol. The van der Waals surface area contributed by atoms with Gasteiger partial charge in [0.2, 0.25) is 0 Å². The molecule has 1 N–H and O–H groups in total. The Labute approximate surface area is 179 Å². The lowest BCUT2D eigenvalue weighted by Crippen LogP contribution is -2.52. The van der Waals surface area contributed by atoms with Crippen LogP contribution in [0, 0.1) is 0 Å². The lowest BCUT2D eigenvalue weighted by Gasteiger charge is -2.43. The van der Waals surface area contributed by atoms with Crippen LogP contribution in [0.25, 0.3) is 16.3 Å². The molecule has 2 aliphatic rings. The minimum atomic E-state index is 0.0726. The van der Waals surface area contributed by atoms with Crippen molar-refractivity contribution in [3.05, 3.63) is 36.9 Å². The first-order valence-corrected chi connectivity index (χ1v) is 10.9. The molecule has 1 aromatic carbocycles. The minimum Gasteiger partial charge on any atom is -0.507 e. The van der Waals surface area contributed by atoms with Crippen LogP contribution in [-0.4, -0.2) is 67.7 Å². The number of aromatic nitrogens is 4. The average molecular weight is 428 g/mol. The highest BCUT2D eigenvalue weighted by atomic mass is 32.1. The van der Waals surface area contributed by atoms with E-state index < -0.39 is 0 Å². The van der Waals surface area contributed by atoms with Crippen molar-refractivity contribution in [2.45, 2.75) is 50.0 Å². The maximum atomic E-state index is 10.5. The second kappa shape index (κ2) is 7.33. The molecule has 1 unspecified atom stereocenters. The Kier molecular flexibility index (Phi) is 4.76. The molecule has 0 radical (unpaired) electrons. The van der Waals surface area contributed by atoms with Crippen molar-refractivity contribution in [3.63, 3.8) is 0 Å². The van der Waals surface area contributed by atoms with Gasteiger partial charge in [-0.1, -0.05) is 16.4 Å². The molecule has 4 atom stereocenters. The van der Waals surface area contributed by atoms with Crippen LogP contribution >= 0.6 is 11.3 Å². The van der Waals surface area contributed by atoms with Gasteiger partial charge >= 0.3 is 0 Å². The van der Waals surface area contributed by atoms with Crippen molar-refractivity contribution in [2.24, 2.45) is 0 Å². The molecule has 4 heterocycles. The number of rotatable bonds is 5. The van der Waals surface area contributed by atoms with Crippen LogP contribution in [0.5, 0.6) is 10.9 Å². The van der Waals surface area contributed by atoms with E-state index in [1.165, 1.54) is 11.3 Å². The van der Waals surface area contributed by atoms with Crippen molar-refractivity contribution >= 4 is 11.3 Å². The zero-order chi connectivity index (χ0) is 20.9. The van der Waals surface area contributed by atoms with Gasteiger partial charge in [0.05, 0.1) is 23.7 Å². The number of imidazole rings is 1. The fourth-order valence-corrected chi connectivity index (χ4v) is 5.65. The van der Waals surface area contributed by atoms with Crippen LogP contribution in [0.1, 0.15) is 26.2 Å². The summed E-state index contributed by atoms with van der Waals surface area (Å²) in [5, 5.41) is 20.2. The van der Waals surface area contributed by atoms with E-state index in [0.717, 1.165) is 24.9 Å². The third-order valence-electron chi connectivity index (χ3n) is 6.58. The number of nitrogens with zero attached hydrogens (tertiary/aromatic N) is 5. The third kappa shape index (κ3) is 3.27. The molecule has 0 amide bonds. The Morgan fingerprint density at radius 1 is 1.27 bits per heavy atom. The highest BCUT2D eigenvalue weighted by Gasteiger charge is 2.53. The van der Waals surface area contributed by atoms with Crippen molar-refractivity contribution in [3.8, 4) is 27.2 Å². The van der Waals surface area contributed by atoms with Gasteiger partial charge in [0.1, 0.15) is 11.9 Å². The number of ether oxygens (including phenoxy) is 2. The Morgan fingerprint density at radius 3 is 2.87 bits per heavy atom. The van der Waals surface area contributed by atoms with Crippen molar-refractivity contribution < 1.29 is 14.6 Å². The number of hydrogen-bond acceptors (Lipinski definition) is 8. The molecule has 2 saturated heterocycles. The van der Waals surface area contributed by atoms with Gasteiger partial charge in [-0.15, -0.1) is 5.10 Å². The zero-order valence-corrected chi connectivity index (χ0v) is 18.0. The summed E-state index contributed by atoms with van der Waals surface area (Å²) in [7, 11) is 3.97. The molecule has 0 aliphatic carbocycles. The molecule has 2 fully saturated rings. The Morgan fingerprint density at radius 2 is 2.13 bits per heavy atom. The van der Waals surface area contributed by atoms with E-state index in [4.69, 9.17) is 9.47 Å². The topological polar surface area (TPSA) is 85.5 Å². The second-order valence-corrected chi connectivity index (χ2v) is 9.32. The van der Waals surface area contributed by atoms with Crippen LogP contribution in [0.4, 0.5) is 0 Å². The standard InChI is InChI=1S/C21H25N5O3S/c1-21-10-14(9-16(25(21)2)18(11-21)28-3)29-20-24-23-19(30-20)15-5-4-13(8-17(15)27)26-7-6-22-12-26/h4-8,12,14,16,18,27H,9-11H2,1-3H3/t14-,16?,18-,21-/m1/s1. The number of aromatic hydroxyl groups is 1. The van der Waals surface area contributed by atoms with Crippen LogP contribution < -0.4 is 4.74 Å². The fraction of sp³-hybridized carbons (Fsp3) is 0.476.